The topological polar surface area (TPSA) is 0 Å². The van der Waals surface area contributed by atoms with Crippen LogP contribution in [-0.2, 0) is 17.1 Å². The Balaban J connectivity index is 0. The molecular formula is C6H15MnP. The Bertz CT molecular complexity index is 30.0. The molecule has 0 saturated carbocycles. The maximum Gasteiger partial charge on any atom is 0 e. The van der Waals surface area contributed by atoms with Gasteiger partial charge in [-0.3, -0.25) is 0 Å². The van der Waals surface area contributed by atoms with E-state index in [9.17, 15) is 0 Å². The molecule has 0 atom stereocenters. The van der Waals surface area contributed by atoms with E-state index in [1.54, 1.807) is 0 Å². The van der Waals surface area contributed by atoms with Gasteiger partial charge in [0.15, 0.2) is 0 Å². The first-order valence-electron chi connectivity index (χ1n) is 3.07. The molecule has 0 fully saturated rings. The third kappa shape index (κ3) is 5.09. The fraction of sp³-hybridized carbons (Fsp3) is 1.00. The van der Waals surface area contributed by atoms with E-state index in [1.807, 2.05) is 0 Å². The number of rotatable bonds is 3. The van der Waals surface area contributed by atoms with E-state index in [1.165, 1.54) is 18.5 Å². The quantitative estimate of drug-likeness (QED) is 0.454. The zero-order valence-corrected chi connectivity index (χ0v) is 8.02. The van der Waals surface area contributed by atoms with Crippen LogP contribution in [0.4, 0.5) is 0 Å². The molecule has 0 amide bonds. The van der Waals surface area contributed by atoms with Crippen LogP contribution in [0.3, 0.4) is 0 Å². The van der Waals surface area contributed by atoms with Crippen molar-refractivity contribution < 1.29 is 17.1 Å². The van der Waals surface area contributed by atoms with Crippen LogP contribution in [0.15, 0.2) is 0 Å². The summed E-state index contributed by atoms with van der Waals surface area (Å²) >= 11 is 0. The molecular weight excluding hydrogens is 158 g/mol. The molecule has 0 rings (SSSR count). The molecule has 0 unspecified atom stereocenters. The molecule has 51 valence electrons. The predicted octanol–water partition coefficient (Wildman–Crippen LogP) is 2.53. The summed E-state index contributed by atoms with van der Waals surface area (Å²) < 4.78 is 0. The smallest absolute Gasteiger partial charge is 0 e. The van der Waals surface area contributed by atoms with Crippen molar-refractivity contribution in [2.75, 3.05) is 18.5 Å². The Labute approximate surface area is 64.7 Å². The van der Waals surface area contributed by atoms with Crippen molar-refractivity contribution in [3.05, 3.63) is 0 Å². The minimum absolute atomic E-state index is 0. The van der Waals surface area contributed by atoms with Gasteiger partial charge in [0.1, 0.15) is 0 Å². The second-order valence-electron chi connectivity index (χ2n) is 1.62. The van der Waals surface area contributed by atoms with Crippen LogP contribution in [0.5, 0.6) is 0 Å². The second kappa shape index (κ2) is 7.95. The Morgan fingerprint density at radius 2 is 1.12 bits per heavy atom. The van der Waals surface area contributed by atoms with Gasteiger partial charge in [-0.25, -0.2) is 0 Å². The van der Waals surface area contributed by atoms with Crippen molar-refractivity contribution in [1.29, 1.82) is 0 Å². The van der Waals surface area contributed by atoms with E-state index in [2.05, 4.69) is 20.8 Å². The fourth-order valence-corrected chi connectivity index (χ4v) is 2.01. The van der Waals surface area contributed by atoms with Crippen molar-refractivity contribution in [2.45, 2.75) is 20.8 Å². The summed E-state index contributed by atoms with van der Waals surface area (Å²) in [5.74, 6) is 0. The normalized spacial score (nSPS) is 9.00. The first kappa shape index (κ1) is 11.7. The van der Waals surface area contributed by atoms with Crippen LogP contribution in [0.25, 0.3) is 0 Å². The fourth-order valence-electron chi connectivity index (χ4n) is 0.671. The third-order valence-electron chi connectivity index (χ3n) is 1.34. The second-order valence-corrected chi connectivity index (χ2v) is 4.86. The van der Waals surface area contributed by atoms with Gasteiger partial charge in [-0.1, -0.05) is 20.8 Å². The van der Waals surface area contributed by atoms with Crippen molar-refractivity contribution in [2.24, 2.45) is 0 Å². The molecule has 0 N–H and O–H groups in total. The van der Waals surface area contributed by atoms with Gasteiger partial charge in [0, 0.05) is 17.1 Å². The monoisotopic (exact) mass is 173 g/mol. The molecule has 0 heterocycles. The standard InChI is InChI=1S/C6H15P.Mn/c1-4-7(5-2)6-3;/h4-6H2,1-3H3;. The third-order valence-corrected chi connectivity index (χ3v) is 4.02. The van der Waals surface area contributed by atoms with Gasteiger partial charge in [0.2, 0.25) is 0 Å². The van der Waals surface area contributed by atoms with Gasteiger partial charge in [0.25, 0.3) is 0 Å². The Morgan fingerprint density at radius 3 is 1.12 bits per heavy atom. The van der Waals surface area contributed by atoms with E-state index in [0.717, 1.165) is 0 Å². The minimum Gasteiger partial charge on any atom is -0.108 e. The molecule has 0 spiro atoms. The molecule has 0 aromatic carbocycles. The molecule has 1 radical (unpaired) electrons. The minimum atomic E-state index is 0. The largest absolute Gasteiger partial charge is 0.108 e. The van der Waals surface area contributed by atoms with Crippen molar-refractivity contribution >= 4 is 7.92 Å². The zero-order chi connectivity index (χ0) is 5.70. The van der Waals surface area contributed by atoms with Crippen LogP contribution in [0.2, 0.25) is 0 Å². The van der Waals surface area contributed by atoms with Crippen LogP contribution in [-0.4, -0.2) is 18.5 Å². The van der Waals surface area contributed by atoms with E-state index >= 15 is 0 Å². The van der Waals surface area contributed by atoms with E-state index in [-0.39, 0.29) is 17.1 Å². The van der Waals surface area contributed by atoms with Crippen LogP contribution >= 0.6 is 7.92 Å². The van der Waals surface area contributed by atoms with Gasteiger partial charge in [-0.2, -0.15) is 0 Å². The summed E-state index contributed by atoms with van der Waals surface area (Å²) in [5.41, 5.74) is 0. The maximum absolute atomic E-state index is 2.29. The van der Waals surface area contributed by atoms with Gasteiger partial charge in [0.05, 0.1) is 0 Å². The molecule has 0 aliphatic heterocycles. The average Bonchev–Trinajstić information content (AvgIpc) is 1.72. The van der Waals surface area contributed by atoms with Crippen LogP contribution < -0.4 is 0 Å². The van der Waals surface area contributed by atoms with Gasteiger partial charge < -0.3 is 0 Å². The molecule has 2 heteroatoms. The molecule has 0 nitrogen and oxygen atoms in total. The van der Waals surface area contributed by atoms with Crippen molar-refractivity contribution in [3.8, 4) is 0 Å². The molecule has 0 aliphatic rings. The first-order chi connectivity index (χ1) is 3.35. The SMILES string of the molecule is CCP(CC)CC.[Mn]. The summed E-state index contributed by atoms with van der Waals surface area (Å²) in [7, 11) is 0.446. The summed E-state index contributed by atoms with van der Waals surface area (Å²) in [6.07, 6.45) is 4.26. The van der Waals surface area contributed by atoms with Gasteiger partial charge in [-0.15, -0.1) is 7.92 Å². The molecule has 0 aromatic heterocycles. The summed E-state index contributed by atoms with van der Waals surface area (Å²) in [6, 6.07) is 0. The molecule has 8 heavy (non-hydrogen) atoms. The van der Waals surface area contributed by atoms with E-state index < -0.39 is 0 Å². The summed E-state index contributed by atoms with van der Waals surface area (Å²) in [5, 5.41) is 0. The molecule has 0 bridgehead atoms. The van der Waals surface area contributed by atoms with Crippen LogP contribution in [0, 0.1) is 0 Å². The Kier molecular flexibility index (Phi) is 11.6. The van der Waals surface area contributed by atoms with Crippen LogP contribution in [0.1, 0.15) is 20.8 Å². The zero-order valence-electron chi connectivity index (χ0n) is 5.95. The number of hydrogen-bond acceptors (Lipinski definition) is 0. The summed E-state index contributed by atoms with van der Waals surface area (Å²) in [6.45, 7) is 6.87. The predicted molar refractivity (Wildman–Crippen MR) is 38.5 cm³/mol. The number of hydrogen-bond donors (Lipinski definition) is 0. The summed E-state index contributed by atoms with van der Waals surface area (Å²) in [4.78, 5) is 0. The molecule has 0 aliphatic carbocycles. The maximum atomic E-state index is 2.29. The van der Waals surface area contributed by atoms with Gasteiger partial charge >= 0.3 is 0 Å². The van der Waals surface area contributed by atoms with Crippen molar-refractivity contribution in [3.63, 3.8) is 0 Å². The first-order valence-corrected chi connectivity index (χ1v) is 4.97. The average molecular weight is 173 g/mol. The Hall–Kier alpha value is 0.949. The van der Waals surface area contributed by atoms with E-state index in [4.69, 9.17) is 0 Å². The van der Waals surface area contributed by atoms with Gasteiger partial charge in [-0.05, 0) is 18.5 Å². The Morgan fingerprint density at radius 1 is 0.875 bits per heavy atom. The van der Waals surface area contributed by atoms with Crippen molar-refractivity contribution in [1.82, 2.24) is 0 Å². The van der Waals surface area contributed by atoms with E-state index in [0.29, 0.717) is 7.92 Å². The molecule has 0 saturated heterocycles. The molecule has 0 aromatic rings.